The highest BCUT2D eigenvalue weighted by molar-refractivity contribution is 7.89. The van der Waals surface area contributed by atoms with E-state index in [1.807, 2.05) is 30.3 Å². The summed E-state index contributed by atoms with van der Waals surface area (Å²) in [6.45, 7) is 7.83. The Labute approximate surface area is 227 Å². The van der Waals surface area contributed by atoms with Crippen LogP contribution in [-0.2, 0) is 27.7 Å². The lowest BCUT2D eigenvalue weighted by Gasteiger charge is -2.36. The van der Waals surface area contributed by atoms with Crippen molar-refractivity contribution < 1.29 is 18.3 Å². The van der Waals surface area contributed by atoms with Crippen molar-refractivity contribution in [3.8, 4) is 0 Å². The van der Waals surface area contributed by atoms with Crippen molar-refractivity contribution in [3.63, 3.8) is 0 Å². The molecule has 1 saturated heterocycles. The fraction of sp³-hybridized carbons (Fsp3) is 0.481. The van der Waals surface area contributed by atoms with E-state index in [0.29, 0.717) is 50.0 Å². The molecule has 1 atom stereocenters. The summed E-state index contributed by atoms with van der Waals surface area (Å²) in [7, 11) is -4.02. The van der Waals surface area contributed by atoms with E-state index in [1.54, 1.807) is 17.0 Å². The topological polar surface area (TPSA) is 115 Å². The summed E-state index contributed by atoms with van der Waals surface area (Å²) in [5.41, 5.74) is 2.43. The van der Waals surface area contributed by atoms with Gasteiger partial charge in [0.1, 0.15) is 10.9 Å². The molecular formula is C27H35N5O4S2. The number of piperazine rings is 1. The van der Waals surface area contributed by atoms with Crippen LogP contribution in [0.4, 0.5) is 5.69 Å². The van der Waals surface area contributed by atoms with Gasteiger partial charge in [-0.2, -0.15) is 4.72 Å². The number of aliphatic hydroxyl groups excluding tert-OH is 1. The molecule has 0 bridgehead atoms. The van der Waals surface area contributed by atoms with Crippen molar-refractivity contribution in [2.45, 2.75) is 37.6 Å². The first kappa shape index (κ1) is 27.0. The molecule has 1 amide bonds. The van der Waals surface area contributed by atoms with Crippen LogP contribution >= 0.6 is 11.3 Å². The van der Waals surface area contributed by atoms with Gasteiger partial charge in [0.25, 0.3) is 0 Å². The average Bonchev–Trinajstić information content (AvgIpc) is 3.30. The minimum atomic E-state index is -4.02. The van der Waals surface area contributed by atoms with Gasteiger partial charge in [-0.15, -0.1) is 11.3 Å². The number of amides is 1. The summed E-state index contributed by atoms with van der Waals surface area (Å²) in [5, 5.41) is 13.3. The molecular weight excluding hydrogens is 522 g/mol. The van der Waals surface area contributed by atoms with E-state index < -0.39 is 16.1 Å². The molecule has 1 aromatic heterocycles. The lowest BCUT2D eigenvalue weighted by atomic mass is 9.82. The molecule has 0 spiro atoms. The van der Waals surface area contributed by atoms with Crippen LogP contribution in [0.3, 0.4) is 0 Å². The van der Waals surface area contributed by atoms with Crippen LogP contribution < -0.4 is 10.0 Å². The molecule has 2 aliphatic rings. The Balaban J connectivity index is 1.42. The fourth-order valence-electron chi connectivity index (χ4n) is 5.22. The SMILES string of the molecule is CC1(C)CNc2c(cccc2S(=O)(=O)N[C@@H](Cc2nc3ccccc3s2)C(=O)N2CCN(CCO)CC2)C1. The normalized spacial score (nSPS) is 18.7. The zero-order valence-electron chi connectivity index (χ0n) is 21.8. The van der Waals surface area contributed by atoms with Crippen molar-refractivity contribution >= 4 is 43.2 Å². The average molecular weight is 558 g/mol. The van der Waals surface area contributed by atoms with Gasteiger partial charge in [-0.25, -0.2) is 13.4 Å². The number of nitrogens with zero attached hydrogens (tertiary/aromatic N) is 3. The van der Waals surface area contributed by atoms with Gasteiger partial charge < -0.3 is 15.3 Å². The third-order valence-electron chi connectivity index (χ3n) is 7.23. The Kier molecular flexibility index (Phi) is 7.74. The maximum Gasteiger partial charge on any atom is 0.243 e. The Hall–Kier alpha value is -2.57. The lowest BCUT2D eigenvalue weighted by Crippen LogP contribution is -2.55. The number of anilines is 1. The van der Waals surface area contributed by atoms with Gasteiger partial charge in [0.05, 0.1) is 27.5 Å². The van der Waals surface area contributed by atoms with Crippen LogP contribution in [0, 0.1) is 5.41 Å². The fourth-order valence-corrected chi connectivity index (χ4v) is 7.65. The zero-order valence-corrected chi connectivity index (χ0v) is 23.4. The van der Waals surface area contributed by atoms with Crippen molar-refractivity contribution in [1.29, 1.82) is 0 Å². The minimum Gasteiger partial charge on any atom is -0.395 e. The van der Waals surface area contributed by atoms with Gasteiger partial charge in [-0.3, -0.25) is 9.69 Å². The number of para-hydroxylation sites is 2. The van der Waals surface area contributed by atoms with Gasteiger partial charge in [0.2, 0.25) is 15.9 Å². The third-order valence-corrected chi connectivity index (χ3v) is 9.80. The summed E-state index contributed by atoms with van der Waals surface area (Å²) >= 11 is 1.48. The standard InChI is InChI=1S/C27H35N5O4S2/c1-27(2)17-19-6-5-9-23(25(19)28-18-27)38(35,36)30-21(16-24-29-20-7-3-4-8-22(20)37-24)26(34)32-12-10-31(11-13-32)14-15-33/h3-9,21,28,30,33H,10-18H2,1-2H3/t21-/m0/s1. The van der Waals surface area contributed by atoms with Crippen molar-refractivity contribution in [2.75, 3.05) is 51.2 Å². The Morgan fingerprint density at radius 3 is 2.66 bits per heavy atom. The van der Waals surface area contributed by atoms with Crippen molar-refractivity contribution in [3.05, 3.63) is 53.0 Å². The first-order chi connectivity index (χ1) is 18.1. The summed E-state index contributed by atoms with van der Waals surface area (Å²) in [6.07, 6.45) is 0.939. The number of sulfonamides is 1. The Morgan fingerprint density at radius 1 is 1.16 bits per heavy atom. The van der Waals surface area contributed by atoms with Crippen LogP contribution in [0.1, 0.15) is 24.4 Å². The van der Waals surface area contributed by atoms with Crippen molar-refractivity contribution in [2.24, 2.45) is 5.41 Å². The van der Waals surface area contributed by atoms with Crippen LogP contribution in [-0.4, -0.2) is 86.1 Å². The van der Waals surface area contributed by atoms with E-state index in [4.69, 9.17) is 0 Å². The number of carbonyl (C=O) groups is 1. The monoisotopic (exact) mass is 557 g/mol. The predicted molar refractivity (Wildman–Crippen MR) is 150 cm³/mol. The number of carbonyl (C=O) groups excluding carboxylic acids is 1. The quantitative estimate of drug-likeness (QED) is 0.389. The van der Waals surface area contributed by atoms with E-state index in [9.17, 15) is 18.3 Å². The molecule has 3 aromatic rings. The molecule has 204 valence electrons. The second-order valence-corrected chi connectivity index (χ2v) is 13.6. The first-order valence-electron chi connectivity index (χ1n) is 13.0. The summed E-state index contributed by atoms with van der Waals surface area (Å²) in [4.78, 5) is 22.4. The second-order valence-electron chi connectivity index (χ2n) is 10.8. The number of hydrogen-bond acceptors (Lipinski definition) is 8. The molecule has 1 fully saturated rings. The highest BCUT2D eigenvalue weighted by atomic mass is 32.2. The lowest BCUT2D eigenvalue weighted by molar-refractivity contribution is -0.134. The zero-order chi connectivity index (χ0) is 26.9. The Bertz CT molecular complexity index is 1380. The third kappa shape index (κ3) is 5.86. The number of aromatic nitrogens is 1. The molecule has 5 rings (SSSR count). The van der Waals surface area contributed by atoms with E-state index in [-0.39, 0.29) is 29.2 Å². The largest absolute Gasteiger partial charge is 0.395 e. The number of thiazole rings is 1. The smallest absolute Gasteiger partial charge is 0.243 e. The second kappa shape index (κ2) is 10.9. The number of rotatable bonds is 8. The molecule has 0 unspecified atom stereocenters. The van der Waals surface area contributed by atoms with Gasteiger partial charge in [-0.05, 0) is 35.6 Å². The maximum absolute atomic E-state index is 13.8. The Morgan fingerprint density at radius 2 is 1.92 bits per heavy atom. The molecule has 2 aliphatic heterocycles. The molecule has 0 radical (unpaired) electrons. The first-order valence-corrected chi connectivity index (χ1v) is 15.3. The summed E-state index contributed by atoms with van der Waals surface area (Å²) < 4.78 is 31.3. The molecule has 3 heterocycles. The number of nitrogens with one attached hydrogen (secondary N) is 2. The highest BCUT2D eigenvalue weighted by Crippen LogP contribution is 2.36. The van der Waals surface area contributed by atoms with Gasteiger partial charge in [0.15, 0.2) is 0 Å². The van der Waals surface area contributed by atoms with Gasteiger partial charge in [-0.1, -0.05) is 38.1 Å². The molecule has 2 aromatic carbocycles. The molecule has 11 heteroatoms. The van der Waals surface area contributed by atoms with Crippen molar-refractivity contribution in [1.82, 2.24) is 19.5 Å². The van der Waals surface area contributed by atoms with E-state index in [0.717, 1.165) is 22.2 Å². The minimum absolute atomic E-state index is 0.0202. The molecule has 3 N–H and O–H groups in total. The maximum atomic E-state index is 13.8. The summed E-state index contributed by atoms with van der Waals surface area (Å²) in [5.74, 6) is -0.254. The summed E-state index contributed by atoms with van der Waals surface area (Å²) in [6, 6.07) is 12.1. The number of benzene rings is 2. The van der Waals surface area contributed by atoms with Crippen LogP contribution in [0.5, 0.6) is 0 Å². The molecule has 38 heavy (non-hydrogen) atoms. The highest BCUT2D eigenvalue weighted by Gasteiger charge is 2.35. The van der Waals surface area contributed by atoms with E-state index >= 15 is 0 Å². The van der Waals surface area contributed by atoms with Gasteiger partial charge >= 0.3 is 0 Å². The van der Waals surface area contributed by atoms with Crippen LogP contribution in [0.15, 0.2) is 47.4 Å². The molecule has 9 nitrogen and oxygen atoms in total. The number of fused-ring (bicyclic) bond motifs is 2. The van der Waals surface area contributed by atoms with Crippen LogP contribution in [0.2, 0.25) is 0 Å². The molecule has 0 saturated carbocycles. The number of aliphatic hydroxyl groups is 1. The van der Waals surface area contributed by atoms with Gasteiger partial charge in [0, 0.05) is 45.7 Å². The van der Waals surface area contributed by atoms with Crippen LogP contribution in [0.25, 0.3) is 10.2 Å². The predicted octanol–water partition coefficient (Wildman–Crippen LogP) is 2.32. The molecule has 0 aliphatic carbocycles. The number of hydrogen-bond donors (Lipinski definition) is 3. The van der Waals surface area contributed by atoms with E-state index in [2.05, 4.69) is 33.8 Å². The number of β-amino-alcohol motifs (C(OH)–C–C–N with tert-alkyl or cyclic N) is 1. The van der Waals surface area contributed by atoms with E-state index in [1.165, 1.54) is 11.3 Å².